The molecule has 2 aliphatic heterocycles. The number of rotatable bonds is 15. The molecule has 0 aliphatic carbocycles. The SMILES string of the molecule is CCOC(=O)OC(OC(=O)OCC)O[P+](=O)CC(NC(=O)c1cc(N2CCC(OC)C2)nc(-c2ccccc2)n1)C(=O)N1CCN(C(=O)OCC)CC1. The van der Waals surface area contributed by atoms with E-state index < -0.39 is 56.9 Å². The maximum Gasteiger partial charge on any atom is 0.518 e. The third-order valence-corrected chi connectivity index (χ3v) is 9.02. The van der Waals surface area contributed by atoms with Crippen LogP contribution in [0.4, 0.5) is 20.2 Å². The van der Waals surface area contributed by atoms with Gasteiger partial charge in [0.2, 0.25) is 12.1 Å². The molecular weight excluding hydrogens is 719 g/mol. The van der Waals surface area contributed by atoms with E-state index in [0.717, 1.165) is 6.42 Å². The van der Waals surface area contributed by atoms with E-state index in [1.807, 2.05) is 11.0 Å². The zero-order chi connectivity index (χ0) is 38.3. The Balaban J connectivity index is 1.60. The number of nitrogens with zero attached hydrogens (tertiary/aromatic N) is 5. The fraction of sp³-hybridized carbons (Fsp3) is 0.545. The lowest BCUT2D eigenvalue weighted by Gasteiger charge is -2.35. The summed E-state index contributed by atoms with van der Waals surface area (Å²) in [6.07, 6.45) is -3.06. The minimum Gasteiger partial charge on any atom is -0.450 e. The summed E-state index contributed by atoms with van der Waals surface area (Å²) >= 11 is 0. The highest BCUT2D eigenvalue weighted by Gasteiger charge is 2.40. The number of hydrogen-bond acceptors (Lipinski definition) is 16. The molecular formula is C33H44N6O13P+. The molecule has 2 aromatic rings. The number of ether oxygens (including phenoxy) is 6. The number of hydrogen-bond donors (Lipinski definition) is 1. The molecule has 19 nitrogen and oxygen atoms in total. The lowest BCUT2D eigenvalue weighted by atomic mass is 10.2. The standard InChI is InChI=1S/C33H43N6O13P/c1-5-47-30(42)38-17-15-37(16-18-38)29(41)25(21-53(45)52-33(50-31(43)48-6-2)51-32(44)49-7-3)35-28(40)24-19-26(39-14-13-23(20-39)46-4)36-27(34-24)22-11-9-8-10-12-22/h8-12,19,23,25,33H,5-7,13-18,20-21H2,1-4H3/p+1. The van der Waals surface area contributed by atoms with E-state index in [1.165, 1.54) is 29.7 Å². The van der Waals surface area contributed by atoms with Gasteiger partial charge in [-0.1, -0.05) is 34.9 Å². The monoisotopic (exact) mass is 763 g/mol. The second-order valence-corrected chi connectivity index (χ2v) is 12.7. The van der Waals surface area contributed by atoms with E-state index in [4.69, 9.17) is 37.9 Å². The molecule has 3 atom stereocenters. The number of benzene rings is 1. The van der Waals surface area contributed by atoms with E-state index in [0.29, 0.717) is 24.5 Å². The summed E-state index contributed by atoms with van der Waals surface area (Å²) in [6.45, 7) is 4.09. The van der Waals surface area contributed by atoms with Crippen LogP contribution in [0.5, 0.6) is 0 Å². The van der Waals surface area contributed by atoms with Crippen molar-refractivity contribution in [3.8, 4) is 11.4 Å². The molecule has 4 rings (SSSR count). The van der Waals surface area contributed by atoms with Crippen LogP contribution < -0.4 is 10.2 Å². The van der Waals surface area contributed by atoms with Crippen molar-refractivity contribution in [2.45, 2.75) is 45.8 Å². The van der Waals surface area contributed by atoms with Crippen LogP contribution in [-0.2, 0) is 42.3 Å². The molecule has 2 saturated heterocycles. The molecule has 0 bridgehead atoms. The summed E-state index contributed by atoms with van der Waals surface area (Å²) in [6, 6.07) is 9.02. The Morgan fingerprint density at radius 1 is 0.868 bits per heavy atom. The number of carbonyl (C=O) groups is 5. The first kappa shape index (κ1) is 40.6. The van der Waals surface area contributed by atoms with Gasteiger partial charge >= 0.3 is 32.9 Å². The number of methoxy groups -OCH3 is 1. The summed E-state index contributed by atoms with van der Waals surface area (Å²) < 4.78 is 48.2. The predicted octanol–water partition coefficient (Wildman–Crippen LogP) is 3.16. The van der Waals surface area contributed by atoms with Gasteiger partial charge in [0.25, 0.3) is 5.91 Å². The second-order valence-electron chi connectivity index (χ2n) is 11.4. The first-order valence-electron chi connectivity index (χ1n) is 17.1. The van der Waals surface area contributed by atoms with Crippen molar-refractivity contribution in [3.05, 3.63) is 42.1 Å². The van der Waals surface area contributed by atoms with E-state index in [-0.39, 0.29) is 63.6 Å². The lowest BCUT2D eigenvalue weighted by molar-refractivity contribution is -0.199. The summed E-state index contributed by atoms with van der Waals surface area (Å²) in [4.78, 5) is 78.2. The maximum absolute atomic E-state index is 14.0. The number of carbonyl (C=O) groups excluding carboxylic acids is 5. The van der Waals surface area contributed by atoms with Gasteiger partial charge in [-0.05, 0) is 31.8 Å². The van der Waals surface area contributed by atoms with E-state index in [9.17, 15) is 28.5 Å². The number of aromatic nitrogens is 2. The van der Waals surface area contributed by atoms with Crippen LogP contribution in [0.25, 0.3) is 11.4 Å². The van der Waals surface area contributed by atoms with Gasteiger partial charge in [0.15, 0.2) is 11.9 Å². The van der Waals surface area contributed by atoms with Gasteiger partial charge in [0.1, 0.15) is 11.5 Å². The summed E-state index contributed by atoms with van der Waals surface area (Å²) in [7, 11) is -1.37. The smallest absolute Gasteiger partial charge is 0.450 e. The van der Waals surface area contributed by atoms with Gasteiger partial charge in [0.05, 0.1) is 25.9 Å². The largest absolute Gasteiger partial charge is 0.518 e. The summed E-state index contributed by atoms with van der Waals surface area (Å²) in [5.41, 5.74) is 0.564. The highest BCUT2D eigenvalue weighted by Crippen LogP contribution is 2.29. The summed E-state index contributed by atoms with van der Waals surface area (Å²) in [5.74, 6) is -0.715. The zero-order valence-corrected chi connectivity index (χ0v) is 30.9. The minimum absolute atomic E-state index is 0.0329. The lowest BCUT2D eigenvalue weighted by Crippen LogP contribution is -2.56. The minimum atomic E-state index is -3.00. The van der Waals surface area contributed by atoms with Gasteiger partial charge in [-0.25, -0.2) is 24.4 Å². The molecule has 53 heavy (non-hydrogen) atoms. The molecule has 0 spiro atoms. The van der Waals surface area contributed by atoms with Gasteiger partial charge in [-0.15, -0.1) is 0 Å². The van der Waals surface area contributed by atoms with Crippen LogP contribution in [0.15, 0.2) is 36.4 Å². The molecule has 1 aromatic heterocycles. The van der Waals surface area contributed by atoms with Crippen molar-refractivity contribution in [1.29, 1.82) is 0 Å². The van der Waals surface area contributed by atoms with Crippen molar-refractivity contribution in [2.24, 2.45) is 0 Å². The van der Waals surface area contributed by atoms with Gasteiger partial charge in [-0.3, -0.25) is 9.59 Å². The van der Waals surface area contributed by atoms with Crippen LogP contribution in [0.1, 0.15) is 37.7 Å². The molecule has 2 fully saturated rings. The second kappa shape index (κ2) is 20.2. The normalized spacial score (nSPS) is 16.4. The van der Waals surface area contributed by atoms with Crippen molar-refractivity contribution >= 4 is 44.1 Å². The van der Waals surface area contributed by atoms with Crippen molar-refractivity contribution in [2.75, 3.05) is 77.3 Å². The molecule has 0 saturated carbocycles. The predicted molar refractivity (Wildman–Crippen MR) is 185 cm³/mol. The van der Waals surface area contributed by atoms with E-state index >= 15 is 0 Å². The third kappa shape index (κ3) is 11.9. The van der Waals surface area contributed by atoms with Crippen LogP contribution >= 0.6 is 8.03 Å². The molecule has 3 unspecified atom stereocenters. The quantitative estimate of drug-likeness (QED) is 0.119. The Morgan fingerprint density at radius 3 is 2.08 bits per heavy atom. The zero-order valence-electron chi connectivity index (χ0n) is 30.0. The number of anilines is 1. The van der Waals surface area contributed by atoms with Gasteiger partial charge in [0, 0.05) is 58.0 Å². The Bertz CT molecular complexity index is 1570. The molecule has 0 radical (unpaired) electrons. The Kier molecular flexibility index (Phi) is 15.5. The fourth-order valence-electron chi connectivity index (χ4n) is 5.34. The number of amides is 3. The molecule has 3 heterocycles. The first-order valence-corrected chi connectivity index (χ1v) is 18.4. The average Bonchev–Trinajstić information content (AvgIpc) is 3.64. The Morgan fingerprint density at radius 2 is 1.49 bits per heavy atom. The first-order chi connectivity index (χ1) is 25.5. The summed E-state index contributed by atoms with van der Waals surface area (Å²) in [5, 5.41) is 2.63. The average molecular weight is 764 g/mol. The fourth-order valence-corrected chi connectivity index (χ4v) is 6.25. The highest BCUT2D eigenvalue weighted by atomic mass is 31.1. The van der Waals surface area contributed by atoms with Crippen molar-refractivity contribution in [3.63, 3.8) is 0 Å². The molecule has 3 amide bonds. The number of piperazine rings is 1. The topological polar surface area (TPSA) is 215 Å². The molecule has 20 heteroatoms. The molecule has 2 aliphatic rings. The Hall–Kier alpha value is -5.13. The van der Waals surface area contributed by atoms with Crippen LogP contribution in [0.2, 0.25) is 0 Å². The van der Waals surface area contributed by atoms with Crippen molar-refractivity contribution < 1.29 is 61.5 Å². The van der Waals surface area contributed by atoms with Crippen LogP contribution in [0.3, 0.4) is 0 Å². The Labute approximate surface area is 307 Å². The molecule has 288 valence electrons. The van der Waals surface area contributed by atoms with Crippen LogP contribution in [0, 0.1) is 0 Å². The van der Waals surface area contributed by atoms with E-state index in [1.54, 1.807) is 38.3 Å². The molecule has 1 aromatic carbocycles. The van der Waals surface area contributed by atoms with Crippen LogP contribution in [-0.4, -0.2) is 141 Å². The van der Waals surface area contributed by atoms with Gasteiger partial charge in [-0.2, -0.15) is 0 Å². The molecule has 1 N–H and O–H groups in total. The maximum atomic E-state index is 14.0. The van der Waals surface area contributed by atoms with Gasteiger partial charge < -0.3 is 48.4 Å². The number of nitrogens with one attached hydrogen (secondary N) is 1. The third-order valence-electron chi connectivity index (χ3n) is 7.94. The van der Waals surface area contributed by atoms with Crippen molar-refractivity contribution in [1.82, 2.24) is 25.1 Å². The van der Waals surface area contributed by atoms with E-state index in [2.05, 4.69) is 10.3 Å². The highest BCUT2D eigenvalue weighted by molar-refractivity contribution is 7.39.